The van der Waals surface area contributed by atoms with Crippen molar-refractivity contribution in [1.82, 2.24) is 19.6 Å². The summed E-state index contributed by atoms with van der Waals surface area (Å²) >= 11 is 0. The third-order valence-corrected chi connectivity index (χ3v) is 4.36. The first-order valence-corrected chi connectivity index (χ1v) is 8.22. The van der Waals surface area contributed by atoms with E-state index in [0.717, 1.165) is 28.2 Å². The van der Waals surface area contributed by atoms with Gasteiger partial charge >= 0.3 is 0 Å². The summed E-state index contributed by atoms with van der Waals surface area (Å²) in [7, 11) is 5.53. The molecule has 0 aliphatic carbocycles. The molecular weight excluding hydrogens is 330 g/mol. The lowest BCUT2D eigenvalue weighted by atomic mass is 10.0. The Hall–Kier alpha value is -3.35. The second-order valence-corrected chi connectivity index (χ2v) is 6.41. The Morgan fingerprint density at radius 3 is 2.69 bits per heavy atom. The first-order valence-electron chi connectivity index (χ1n) is 8.22. The molecule has 0 fully saturated rings. The highest BCUT2D eigenvalue weighted by Gasteiger charge is 2.12. The van der Waals surface area contributed by atoms with E-state index in [4.69, 9.17) is 4.74 Å². The highest BCUT2D eigenvalue weighted by Crippen LogP contribution is 2.30. The van der Waals surface area contributed by atoms with E-state index in [1.165, 1.54) is 0 Å². The largest absolute Gasteiger partial charge is 0.494 e. The van der Waals surface area contributed by atoms with Crippen molar-refractivity contribution < 1.29 is 4.74 Å². The maximum absolute atomic E-state index is 12.3. The Morgan fingerprint density at radius 2 is 1.96 bits per heavy atom. The second kappa shape index (κ2) is 5.87. The molecule has 0 saturated heterocycles. The van der Waals surface area contributed by atoms with Gasteiger partial charge in [0.1, 0.15) is 17.1 Å². The molecule has 0 saturated carbocycles. The number of nitrogens with zero attached hydrogens (tertiary/aromatic N) is 4. The molecule has 1 N–H and O–H groups in total. The Bertz CT molecular complexity index is 1190. The van der Waals surface area contributed by atoms with Crippen LogP contribution in [0.25, 0.3) is 27.5 Å². The average molecular weight is 349 g/mol. The molecule has 7 nitrogen and oxygen atoms in total. The summed E-state index contributed by atoms with van der Waals surface area (Å²) < 4.78 is 7.35. The minimum atomic E-state index is -0.142. The van der Waals surface area contributed by atoms with Crippen LogP contribution in [0.5, 0.6) is 5.75 Å². The molecule has 0 aliphatic rings. The first kappa shape index (κ1) is 16.1. The molecular formula is C19H19N5O2. The lowest BCUT2D eigenvalue weighted by molar-refractivity contribution is 0.417. The van der Waals surface area contributed by atoms with Crippen LogP contribution in [0.2, 0.25) is 0 Å². The minimum absolute atomic E-state index is 0.142. The first-order chi connectivity index (χ1) is 12.5. The van der Waals surface area contributed by atoms with Gasteiger partial charge in [-0.15, -0.1) is 0 Å². The molecule has 4 aromatic rings. The molecule has 0 spiro atoms. The van der Waals surface area contributed by atoms with Crippen molar-refractivity contribution in [2.75, 3.05) is 26.1 Å². The number of nitrogens with one attached hydrogen (secondary N) is 1. The van der Waals surface area contributed by atoms with Crippen LogP contribution in [-0.2, 0) is 0 Å². The molecule has 0 bridgehead atoms. The minimum Gasteiger partial charge on any atom is -0.494 e. The topological polar surface area (TPSA) is 75.5 Å². The van der Waals surface area contributed by atoms with E-state index in [1.54, 1.807) is 18.5 Å². The van der Waals surface area contributed by atoms with Gasteiger partial charge in [0.05, 0.1) is 18.0 Å². The van der Waals surface area contributed by atoms with Gasteiger partial charge in [0, 0.05) is 31.9 Å². The molecule has 3 aromatic heterocycles. The zero-order valence-corrected chi connectivity index (χ0v) is 15.1. The number of rotatable bonds is 3. The number of H-pyrrole nitrogens is 1. The molecule has 0 atom stereocenters. The van der Waals surface area contributed by atoms with Crippen LogP contribution in [0.4, 0.5) is 5.82 Å². The number of fused-ring (bicyclic) bond motifs is 2. The molecule has 0 unspecified atom stereocenters. The van der Waals surface area contributed by atoms with Gasteiger partial charge in [0.25, 0.3) is 5.56 Å². The third-order valence-electron chi connectivity index (χ3n) is 4.36. The van der Waals surface area contributed by atoms with E-state index in [2.05, 4.69) is 15.1 Å². The Kier molecular flexibility index (Phi) is 3.64. The third kappa shape index (κ3) is 2.57. The van der Waals surface area contributed by atoms with E-state index in [9.17, 15) is 4.79 Å². The van der Waals surface area contributed by atoms with Crippen LogP contribution in [0.3, 0.4) is 0 Å². The highest BCUT2D eigenvalue weighted by molar-refractivity contribution is 5.84. The van der Waals surface area contributed by atoms with Crippen LogP contribution in [0.1, 0.15) is 5.82 Å². The molecule has 0 radical (unpaired) electrons. The molecule has 132 valence electrons. The number of aromatic nitrogens is 4. The molecule has 4 rings (SSSR count). The fraction of sp³-hybridized carbons (Fsp3) is 0.211. The van der Waals surface area contributed by atoms with Crippen molar-refractivity contribution in [3.8, 4) is 16.9 Å². The summed E-state index contributed by atoms with van der Waals surface area (Å²) in [6, 6.07) is 9.58. The SMILES string of the molecule is COc1cc(-c2ccc3nc(C)[nH]c(=O)c3c2)cn2nc(N(C)C)cc12. The van der Waals surface area contributed by atoms with Gasteiger partial charge in [-0.05, 0) is 30.7 Å². The van der Waals surface area contributed by atoms with E-state index in [1.807, 2.05) is 55.5 Å². The fourth-order valence-corrected chi connectivity index (χ4v) is 3.02. The van der Waals surface area contributed by atoms with Crippen molar-refractivity contribution in [2.24, 2.45) is 0 Å². The monoisotopic (exact) mass is 349 g/mol. The predicted octanol–water partition coefficient (Wildman–Crippen LogP) is 2.62. The number of aryl methyl sites for hydroxylation is 1. The number of ether oxygens (including phenoxy) is 1. The summed E-state index contributed by atoms with van der Waals surface area (Å²) in [5.41, 5.74) is 3.23. The van der Waals surface area contributed by atoms with Crippen molar-refractivity contribution in [2.45, 2.75) is 6.92 Å². The van der Waals surface area contributed by atoms with Crippen molar-refractivity contribution in [3.05, 3.63) is 52.7 Å². The number of hydrogen-bond acceptors (Lipinski definition) is 5. The molecule has 3 heterocycles. The number of aromatic amines is 1. The van der Waals surface area contributed by atoms with Gasteiger partial charge in [0.2, 0.25) is 0 Å². The van der Waals surface area contributed by atoms with Gasteiger partial charge in [-0.2, -0.15) is 5.10 Å². The Morgan fingerprint density at radius 1 is 1.15 bits per heavy atom. The van der Waals surface area contributed by atoms with Crippen LogP contribution in [-0.4, -0.2) is 40.8 Å². The quantitative estimate of drug-likeness (QED) is 0.615. The summed E-state index contributed by atoms with van der Waals surface area (Å²) in [6.07, 6.45) is 1.93. The fourth-order valence-electron chi connectivity index (χ4n) is 3.02. The maximum Gasteiger partial charge on any atom is 0.258 e. The van der Waals surface area contributed by atoms with Crippen molar-refractivity contribution in [3.63, 3.8) is 0 Å². The zero-order valence-electron chi connectivity index (χ0n) is 15.1. The van der Waals surface area contributed by atoms with Crippen LogP contribution in [0.15, 0.2) is 41.3 Å². The zero-order chi connectivity index (χ0) is 18.4. The van der Waals surface area contributed by atoms with E-state index >= 15 is 0 Å². The van der Waals surface area contributed by atoms with E-state index < -0.39 is 0 Å². The lowest BCUT2D eigenvalue weighted by Gasteiger charge is -2.08. The van der Waals surface area contributed by atoms with Gasteiger partial charge < -0.3 is 14.6 Å². The van der Waals surface area contributed by atoms with E-state index in [0.29, 0.717) is 16.7 Å². The second-order valence-electron chi connectivity index (χ2n) is 6.41. The number of benzene rings is 1. The predicted molar refractivity (Wildman–Crippen MR) is 102 cm³/mol. The van der Waals surface area contributed by atoms with Crippen molar-refractivity contribution >= 4 is 22.2 Å². The number of pyridine rings is 1. The van der Waals surface area contributed by atoms with Crippen LogP contribution >= 0.6 is 0 Å². The van der Waals surface area contributed by atoms with Crippen LogP contribution in [0, 0.1) is 6.92 Å². The van der Waals surface area contributed by atoms with Gasteiger partial charge in [0.15, 0.2) is 5.82 Å². The number of methoxy groups -OCH3 is 1. The number of hydrogen-bond donors (Lipinski definition) is 1. The maximum atomic E-state index is 12.3. The summed E-state index contributed by atoms with van der Waals surface area (Å²) in [5.74, 6) is 2.17. The Balaban J connectivity index is 1.93. The summed E-state index contributed by atoms with van der Waals surface area (Å²) in [5, 5.41) is 5.14. The van der Waals surface area contributed by atoms with Crippen molar-refractivity contribution in [1.29, 1.82) is 0 Å². The highest BCUT2D eigenvalue weighted by atomic mass is 16.5. The molecule has 0 aliphatic heterocycles. The molecule has 0 amide bonds. The van der Waals surface area contributed by atoms with Crippen LogP contribution < -0.4 is 15.2 Å². The average Bonchev–Trinajstić information content (AvgIpc) is 3.05. The van der Waals surface area contributed by atoms with Gasteiger partial charge in [-0.1, -0.05) is 6.07 Å². The normalized spacial score (nSPS) is 11.2. The van der Waals surface area contributed by atoms with Gasteiger partial charge in [-0.3, -0.25) is 4.79 Å². The summed E-state index contributed by atoms with van der Waals surface area (Å²) in [6.45, 7) is 1.77. The number of anilines is 1. The molecule has 26 heavy (non-hydrogen) atoms. The lowest BCUT2D eigenvalue weighted by Crippen LogP contribution is -2.09. The molecule has 7 heteroatoms. The molecule has 1 aromatic carbocycles. The summed E-state index contributed by atoms with van der Waals surface area (Å²) in [4.78, 5) is 21.3. The van der Waals surface area contributed by atoms with Gasteiger partial charge in [-0.25, -0.2) is 9.50 Å². The van der Waals surface area contributed by atoms with E-state index in [-0.39, 0.29) is 5.56 Å². The smallest absolute Gasteiger partial charge is 0.258 e. The Labute approximate surface area is 149 Å². The standard InChI is InChI=1S/C19H19N5O2/c1-11-20-15-6-5-12(7-14(15)19(25)21-11)13-8-17(26-4)16-9-18(23(2)3)22-24(16)10-13/h5-10H,1-4H3,(H,20,21,25).